The van der Waals surface area contributed by atoms with Gasteiger partial charge >= 0.3 is 5.97 Å². The molecule has 3 rings (SSSR count). The van der Waals surface area contributed by atoms with Crippen LogP contribution in [0.2, 0.25) is 0 Å². The predicted octanol–water partition coefficient (Wildman–Crippen LogP) is 3.16. The Bertz CT molecular complexity index is 924. The summed E-state index contributed by atoms with van der Waals surface area (Å²) < 4.78 is 6.93. The van der Waals surface area contributed by atoms with E-state index in [1.807, 2.05) is 18.2 Å². The Balaban J connectivity index is 2.18. The lowest BCUT2D eigenvalue weighted by Gasteiger charge is -2.19. The van der Waals surface area contributed by atoms with E-state index in [0.717, 1.165) is 19.3 Å². The van der Waals surface area contributed by atoms with Crippen LogP contribution in [-0.4, -0.2) is 22.7 Å². The Hall–Kier alpha value is -2.52. The highest BCUT2D eigenvalue weighted by Crippen LogP contribution is 2.28. The number of rotatable bonds is 3. The standard InChI is InChI=1S/C18H16N2O3S/c1-24-16-13(11-19)17(21)20-10-6-5-9-14(20)15(16)18(22)23-12-7-3-2-4-8-12/h3,5-7,9-10,12H,2,4,8H2,1H3. The Morgan fingerprint density at radius 2 is 2.29 bits per heavy atom. The first-order valence-corrected chi connectivity index (χ1v) is 8.89. The lowest BCUT2D eigenvalue weighted by molar-refractivity contribution is 0.0367. The van der Waals surface area contributed by atoms with Crippen molar-refractivity contribution < 1.29 is 9.53 Å². The molecule has 1 aliphatic rings. The quantitative estimate of drug-likeness (QED) is 0.487. The summed E-state index contributed by atoms with van der Waals surface area (Å²) in [6.07, 6.45) is 9.68. The maximum absolute atomic E-state index is 12.8. The van der Waals surface area contributed by atoms with E-state index in [4.69, 9.17) is 4.74 Å². The highest BCUT2D eigenvalue weighted by molar-refractivity contribution is 7.98. The Morgan fingerprint density at radius 3 is 2.96 bits per heavy atom. The van der Waals surface area contributed by atoms with E-state index in [-0.39, 0.29) is 17.2 Å². The summed E-state index contributed by atoms with van der Waals surface area (Å²) in [5.74, 6) is -0.504. The fourth-order valence-electron chi connectivity index (χ4n) is 2.86. The summed E-state index contributed by atoms with van der Waals surface area (Å²) >= 11 is 1.21. The molecule has 1 unspecified atom stereocenters. The van der Waals surface area contributed by atoms with Crippen LogP contribution in [0.15, 0.2) is 46.2 Å². The number of carbonyl (C=O) groups excluding carboxylic acids is 1. The van der Waals surface area contributed by atoms with Crippen LogP contribution in [0.1, 0.15) is 35.2 Å². The number of pyridine rings is 2. The molecule has 0 N–H and O–H groups in total. The molecule has 0 bridgehead atoms. The number of hydrogen-bond donors (Lipinski definition) is 0. The van der Waals surface area contributed by atoms with Crippen molar-refractivity contribution in [1.82, 2.24) is 4.40 Å². The van der Waals surface area contributed by atoms with Gasteiger partial charge in [-0.1, -0.05) is 12.1 Å². The van der Waals surface area contributed by atoms with Crippen LogP contribution in [0, 0.1) is 11.3 Å². The number of esters is 1. The van der Waals surface area contributed by atoms with Gasteiger partial charge in [0, 0.05) is 11.1 Å². The first-order valence-electron chi connectivity index (χ1n) is 7.66. The number of ether oxygens (including phenoxy) is 1. The number of nitriles is 1. The summed E-state index contributed by atoms with van der Waals surface area (Å²) in [7, 11) is 0. The zero-order chi connectivity index (χ0) is 17.1. The average Bonchev–Trinajstić information content (AvgIpc) is 2.62. The molecule has 1 aliphatic carbocycles. The summed E-state index contributed by atoms with van der Waals surface area (Å²) in [5, 5.41) is 9.38. The van der Waals surface area contributed by atoms with Crippen molar-refractivity contribution in [1.29, 1.82) is 5.26 Å². The molecule has 2 aromatic rings. The lowest BCUT2D eigenvalue weighted by atomic mass is 10.1. The van der Waals surface area contributed by atoms with Crippen LogP contribution in [0.3, 0.4) is 0 Å². The highest BCUT2D eigenvalue weighted by atomic mass is 32.2. The molecular formula is C18H16N2O3S. The van der Waals surface area contributed by atoms with Crippen LogP contribution in [0.25, 0.3) is 5.52 Å². The summed E-state index contributed by atoms with van der Waals surface area (Å²) in [4.78, 5) is 25.6. The van der Waals surface area contributed by atoms with E-state index in [1.165, 1.54) is 16.2 Å². The topological polar surface area (TPSA) is 71.6 Å². The molecule has 0 saturated carbocycles. The number of thioether (sulfide) groups is 1. The van der Waals surface area contributed by atoms with Crippen LogP contribution >= 0.6 is 11.8 Å². The lowest BCUT2D eigenvalue weighted by Crippen LogP contribution is -2.24. The van der Waals surface area contributed by atoms with Crippen molar-refractivity contribution in [3.63, 3.8) is 0 Å². The van der Waals surface area contributed by atoms with Gasteiger partial charge in [0.2, 0.25) is 0 Å². The fourth-order valence-corrected chi connectivity index (χ4v) is 3.59. The maximum Gasteiger partial charge on any atom is 0.342 e. The minimum absolute atomic E-state index is 0.0302. The van der Waals surface area contributed by atoms with Crippen LogP contribution in [-0.2, 0) is 4.74 Å². The first-order chi connectivity index (χ1) is 11.7. The summed E-state index contributed by atoms with van der Waals surface area (Å²) in [6.45, 7) is 0. The maximum atomic E-state index is 12.8. The van der Waals surface area contributed by atoms with Gasteiger partial charge < -0.3 is 4.74 Å². The SMILES string of the molecule is CSc1c(C#N)c(=O)n2ccccc2c1C(=O)OC1C=CCCC1. The Morgan fingerprint density at radius 1 is 1.46 bits per heavy atom. The number of nitrogens with zero attached hydrogens (tertiary/aromatic N) is 2. The van der Waals surface area contributed by atoms with Crippen molar-refractivity contribution in [2.45, 2.75) is 30.3 Å². The van der Waals surface area contributed by atoms with Crippen molar-refractivity contribution in [3.05, 3.63) is 58.0 Å². The first kappa shape index (κ1) is 16.3. The van der Waals surface area contributed by atoms with E-state index in [9.17, 15) is 14.9 Å². The smallest absolute Gasteiger partial charge is 0.342 e. The van der Waals surface area contributed by atoms with E-state index in [2.05, 4.69) is 0 Å². The van der Waals surface area contributed by atoms with Gasteiger partial charge in [-0.05, 0) is 43.7 Å². The average molecular weight is 340 g/mol. The number of allylic oxidation sites excluding steroid dienone is 1. The number of hydrogen-bond acceptors (Lipinski definition) is 5. The van der Waals surface area contributed by atoms with Gasteiger partial charge in [-0.2, -0.15) is 5.26 Å². The second-order valence-electron chi connectivity index (χ2n) is 5.46. The molecule has 1 atom stereocenters. The number of fused-ring (bicyclic) bond motifs is 1. The molecule has 0 saturated heterocycles. The minimum atomic E-state index is -0.504. The minimum Gasteiger partial charge on any atom is -0.454 e. The molecule has 0 aliphatic heterocycles. The second-order valence-corrected chi connectivity index (χ2v) is 6.28. The number of carbonyl (C=O) groups is 1. The molecule has 0 spiro atoms. The van der Waals surface area contributed by atoms with Gasteiger partial charge in [-0.15, -0.1) is 11.8 Å². The normalized spacial score (nSPS) is 16.8. The monoisotopic (exact) mass is 340 g/mol. The van der Waals surface area contributed by atoms with Crippen molar-refractivity contribution in [2.75, 3.05) is 6.26 Å². The molecule has 0 amide bonds. The van der Waals surface area contributed by atoms with Crippen LogP contribution in [0.5, 0.6) is 0 Å². The van der Waals surface area contributed by atoms with Gasteiger partial charge in [-0.3, -0.25) is 9.20 Å². The van der Waals surface area contributed by atoms with E-state index in [0.29, 0.717) is 10.4 Å². The largest absolute Gasteiger partial charge is 0.454 e. The molecule has 2 aromatic heterocycles. The molecule has 0 radical (unpaired) electrons. The molecule has 24 heavy (non-hydrogen) atoms. The third-order valence-electron chi connectivity index (χ3n) is 3.99. The molecule has 6 heteroatoms. The van der Waals surface area contributed by atoms with E-state index < -0.39 is 11.5 Å². The second kappa shape index (κ2) is 6.93. The van der Waals surface area contributed by atoms with Crippen molar-refractivity contribution >= 4 is 23.2 Å². The van der Waals surface area contributed by atoms with Crippen LogP contribution < -0.4 is 5.56 Å². The highest BCUT2D eigenvalue weighted by Gasteiger charge is 2.25. The van der Waals surface area contributed by atoms with Crippen LogP contribution in [0.4, 0.5) is 0 Å². The predicted molar refractivity (Wildman–Crippen MR) is 92.4 cm³/mol. The molecule has 5 nitrogen and oxygen atoms in total. The zero-order valence-electron chi connectivity index (χ0n) is 13.2. The molecule has 0 fully saturated rings. The fraction of sp³-hybridized carbons (Fsp3) is 0.278. The molecule has 122 valence electrons. The van der Waals surface area contributed by atoms with Gasteiger partial charge in [-0.25, -0.2) is 4.79 Å². The Labute approximate surface area is 143 Å². The summed E-state index contributed by atoms with van der Waals surface area (Å²) in [6, 6.07) is 7.06. The molecular weight excluding hydrogens is 324 g/mol. The zero-order valence-corrected chi connectivity index (χ0v) is 14.0. The van der Waals surface area contributed by atoms with Crippen molar-refractivity contribution in [2.24, 2.45) is 0 Å². The Kier molecular flexibility index (Phi) is 4.72. The van der Waals surface area contributed by atoms with Crippen molar-refractivity contribution in [3.8, 4) is 6.07 Å². The molecule has 2 heterocycles. The number of aromatic nitrogens is 1. The summed E-state index contributed by atoms with van der Waals surface area (Å²) in [5.41, 5.74) is 0.276. The van der Waals surface area contributed by atoms with Gasteiger partial charge in [0.1, 0.15) is 17.7 Å². The van der Waals surface area contributed by atoms with E-state index >= 15 is 0 Å². The third-order valence-corrected chi connectivity index (χ3v) is 4.81. The van der Waals surface area contributed by atoms with Gasteiger partial charge in [0.05, 0.1) is 11.1 Å². The molecule has 0 aromatic carbocycles. The van der Waals surface area contributed by atoms with Gasteiger partial charge in [0.25, 0.3) is 5.56 Å². The van der Waals surface area contributed by atoms with E-state index in [1.54, 1.807) is 30.7 Å². The van der Waals surface area contributed by atoms with Gasteiger partial charge in [0.15, 0.2) is 0 Å². The third kappa shape index (κ3) is 2.83.